The molecule has 216 valence electrons. The number of nitrogens with zero attached hydrogens (tertiary/aromatic N) is 3. The average molecular weight is 568 g/mol. The van der Waals surface area contributed by atoms with Gasteiger partial charge in [-0.1, -0.05) is 57.2 Å². The first kappa shape index (κ1) is 27.4. The molecule has 1 aromatic heterocycles. The molecule has 0 radical (unpaired) electrons. The summed E-state index contributed by atoms with van der Waals surface area (Å²) in [7, 11) is 0. The van der Waals surface area contributed by atoms with Gasteiger partial charge in [-0.05, 0) is 53.3 Å². The third-order valence-electron chi connectivity index (χ3n) is 8.50. The van der Waals surface area contributed by atoms with E-state index in [4.69, 9.17) is 0 Å². The highest BCUT2D eigenvalue weighted by Gasteiger charge is 2.51. The highest BCUT2D eigenvalue weighted by Crippen LogP contribution is 2.47. The molecule has 3 N–H and O–H groups in total. The number of benzene rings is 2. The molecule has 0 bridgehead atoms. The van der Waals surface area contributed by atoms with Gasteiger partial charge in [0.1, 0.15) is 12.4 Å². The molecule has 0 saturated carbocycles. The molecule has 2 atom stereocenters. The van der Waals surface area contributed by atoms with Gasteiger partial charge in [-0.25, -0.2) is 9.78 Å². The summed E-state index contributed by atoms with van der Waals surface area (Å²) in [6, 6.07) is 16.2. The molecular weight excluding hydrogens is 534 g/mol. The Morgan fingerprint density at radius 3 is 2.60 bits per heavy atom. The van der Waals surface area contributed by atoms with E-state index >= 15 is 0 Å². The minimum Gasteiger partial charge on any atom is -0.465 e. The topological polar surface area (TPSA) is 132 Å². The fourth-order valence-corrected chi connectivity index (χ4v) is 6.45. The van der Waals surface area contributed by atoms with Gasteiger partial charge in [0.05, 0.1) is 11.5 Å². The van der Waals surface area contributed by atoms with Gasteiger partial charge in [0, 0.05) is 36.0 Å². The summed E-state index contributed by atoms with van der Waals surface area (Å²) < 4.78 is 0. The van der Waals surface area contributed by atoms with E-state index in [0.29, 0.717) is 24.3 Å². The number of pyridine rings is 1. The summed E-state index contributed by atoms with van der Waals surface area (Å²) in [6.07, 6.45) is 1.63. The Labute approximate surface area is 243 Å². The second kappa shape index (κ2) is 9.97. The summed E-state index contributed by atoms with van der Waals surface area (Å²) in [5.74, 6) is -0.117. The van der Waals surface area contributed by atoms with E-state index in [9.17, 15) is 24.3 Å². The fraction of sp³-hybridized carbons (Fsp3) is 0.344. The Bertz CT molecular complexity index is 1630. The molecule has 1 unspecified atom stereocenters. The van der Waals surface area contributed by atoms with Crippen LogP contribution in [0.2, 0.25) is 0 Å². The van der Waals surface area contributed by atoms with Crippen LogP contribution in [0.5, 0.6) is 0 Å². The van der Waals surface area contributed by atoms with Crippen LogP contribution in [-0.2, 0) is 39.2 Å². The number of hydrogen-bond donors (Lipinski definition) is 3. The molecule has 42 heavy (non-hydrogen) atoms. The third-order valence-corrected chi connectivity index (χ3v) is 8.50. The number of anilines is 2. The quantitative estimate of drug-likeness (QED) is 0.435. The van der Waals surface area contributed by atoms with Crippen molar-refractivity contribution in [3.05, 3.63) is 88.6 Å². The molecule has 3 aliphatic rings. The molecule has 6 rings (SSSR count). The second-order valence-electron chi connectivity index (χ2n) is 12.4. The molecule has 1 spiro atoms. The number of carboxylic acid groups (broad SMARTS) is 1. The maximum absolute atomic E-state index is 13.7. The zero-order valence-corrected chi connectivity index (χ0v) is 23.8. The Balaban J connectivity index is 1.25. The number of nitrogens with one attached hydrogen (secondary N) is 2. The van der Waals surface area contributed by atoms with Crippen LogP contribution in [0.25, 0.3) is 0 Å². The van der Waals surface area contributed by atoms with Crippen molar-refractivity contribution in [2.45, 2.75) is 51.6 Å². The number of carbonyl (C=O) groups is 4. The van der Waals surface area contributed by atoms with Crippen molar-refractivity contribution in [2.24, 2.45) is 5.41 Å². The normalized spacial score (nSPS) is 20.4. The molecule has 0 fully saturated rings. The van der Waals surface area contributed by atoms with Crippen molar-refractivity contribution in [1.82, 2.24) is 14.8 Å². The van der Waals surface area contributed by atoms with Crippen LogP contribution in [0.15, 0.2) is 60.8 Å². The van der Waals surface area contributed by atoms with Crippen LogP contribution < -0.4 is 10.6 Å². The van der Waals surface area contributed by atoms with E-state index in [0.717, 1.165) is 27.8 Å². The van der Waals surface area contributed by atoms with E-state index in [1.807, 2.05) is 54.6 Å². The largest absolute Gasteiger partial charge is 0.465 e. The van der Waals surface area contributed by atoms with E-state index in [1.165, 1.54) is 9.80 Å². The number of amides is 4. The fourth-order valence-electron chi connectivity index (χ4n) is 6.45. The van der Waals surface area contributed by atoms with Gasteiger partial charge >= 0.3 is 6.09 Å². The molecule has 4 amide bonds. The minimum atomic E-state index is -1.08. The zero-order valence-electron chi connectivity index (χ0n) is 23.8. The van der Waals surface area contributed by atoms with Gasteiger partial charge in [-0.3, -0.25) is 14.4 Å². The average Bonchev–Trinajstić information content (AvgIpc) is 3.47. The predicted molar refractivity (Wildman–Crippen MR) is 156 cm³/mol. The molecule has 2 aromatic carbocycles. The lowest BCUT2D eigenvalue weighted by Gasteiger charge is -2.41. The number of aromatic nitrogens is 1. The van der Waals surface area contributed by atoms with Crippen molar-refractivity contribution >= 4 is 35.3 Å². The van der Waals surface area contributed by atoms with Gasteiger partial charge in [0.2, 0.25) is 17.7 Å². The molecule has 0 saturated heterocycles. The first-order valence-corrected chi connectivity index (χ1v) is 14.0. The highest BCUT2D eigenvalue weighted by atomic mass is 16.4. The van der Waals surface area contributed by atoms with Gasteiger partial charge in [-0.15, -0.1) is 0 Å². The Kier molecular flexibility index (Phi) is 6.51. The number of carbonyl (C=O) groups excluding carboxylic acids is 3. The first-order valence-electron chi connectivity index (χ1n) is 14.0. The van der Waals surface area contributed by atoms with Crippen molar-refractivity contribution in [2.75, 3.05) is 23.7 Å². The SMILES string of the molecule is CC(C)(C)C(=O)N(CC(=O)Nc1ccc2c(c1)C[C@@]1(C2)C(=O)Nc2ncccc21)C1CN(C(=O)O)Cc2ccccc21. The summed E-state index contributed by atoms with van der Waals surface area (Å²) in [6.45, 7) is 5.40. The van der Waals surface area contributed by atoms with E-state index in [-0.39, 0.29) is 31.4 Å². The molecule has 2 aliphatic heterocycles. The third kappa shape index (κ3) is 4.66. The number of hydrogen-bond acceptors (Lipinski definition) is 5. The summed E-state index contributed by atoms with van der Waals surface area (Å²) in [4.78, 5) is 59.3. The van der Waals surface area contributed by atoms with E-state index in [2.05, 4.69) is 15.6 Å². The second-order valence-corrected chi connectivity index (χ2v) is 12.4. The molecule has 1 aliphatic carbocycles. The first-order chi connectivity index (χ1) is 20.0. The summed E-state index contributed by atoms with van der Waals surface area (Å²) in [5.41, 5.74) is 3.61. The van der Waals surface area contributed by atoms with Crippen LogP contribution in [0, 0.1) is 5.41 Å². The van der Waals surface area contributed by atoms with Crippen LogP contribution >= 0.6 is 0 Å². The molecule has 10 nitrogen and oxygen atoms in total. The van der Waals surface area contributed by atoms with Crippen LogP contribution in [0.3, 0.4) is 0 Å². The minimum absolute atomic E-state index is 0.0702. The Morgan fingerprint density at radius 2 is 1.83 bits per heavy atom. The maximum atomic E-state index is 13.7. The molecule has 3 heterocycles. The van der Waals surface area contributed by atoms with Crippen LogP contribution in [0.1, 0.15) is 54.6 Å². The lowest BCUT2D eigenvalue weighted by atomic mass is 9.79. The molecule has 10 heteroatoms. The van der Waals surface area contributed by atoms with Crippen molar-refractivity contribution in [3.8, 4) is 0 Å². The standard InChI is InChI=1S/C32H33N5O5/c1-31(2,3)29(40)37(25-17-36(30(41)42)16-20-7-4-5-8-23(20)25)18-26(38)34-22-11-10-19-14-32(15-21(19)13-22)24-9-6-12-33-27(24)35-28(32)39/h4-13,25H,14-18H2,1-3H3,(H,34,38)(H,41,42)(H,33,35,39)/t25?,32-/m1/s1. The highest BCUT2D eigenvalue weighted by molar-refractivity contribution is 6.06. The van der Waals surface area contributed by atoms with Crippen LogP contribution in [0.4, 0.5) is 16.3 Å². The lowest BCUT2D eigenvalue weighted by Crippen LogP contribution is -2.51. The summed E-state index contributed by atoms with van der Waals surface area (Å²) in [5, 5.41) is 15.6. The van der Waals surface area contributed by atoms with Gasteiger partial charge in [-0.2, -0.15) is 0 Å². The van der Waals surface area contributed by atoms with Crippen molar-refractivity contribution in [3.63, 3.8) is 0 Å². The zero-order chi connectivity index (χ0) is 29.8. The van der Waals surface area contributed by atoms with Gasteiger partial charge in [0.25, 0.3) is 0 Å². The van der Waals surface area contributed by atoms with Crippen molar-refractivity contribution < 1.29 is 24.3 Å². The maximum Gasteiger partial charge on any atom is 0.407 e. The Morgan fingerprint density at radius 1 is 1.07 bits per heavy atom. The Hall–Kier alpha value is -4.73. The van der Waals surface area contributed by atoms with E-state index < -0.39 is 28.9 Å². The smallest absolute Gasteiger partial charge is 0.407 e. The predicted octanol–water partition coefficient (Wildman–Crippen LogP) is 4.12. The lowest BCUT2D eigenvalue weighted by molar-refractivity contribution is -0.145. The van der Waals surface area contributed by atoms with E-state index in [1.54, 1.807) is 27.0 Å². The molecular formula is C32H33N5O5. The summed E-state index contributed by atoms with van der Waals surface area (Å²) >= 11 is 0. The number of rotatable bonds is 4. The van der Waals surface area contributed by atoms with Crippen LogP contribution in [-0.4, -0.2) is 56.8 Å². The van der Waals surface area contributed by atoms with Crippen molar-refractivity contribution in [1.29, 1.82) is 0 Å². The monoisotopic (exact) mass is 567 g/mol. The van der Waals surface area contributed by atoms with Gasteiger partial charge < -0.3 is 25.5 Å². The number of fused-ring (bicyclic) bond motifs is 4. The van der Waals surface area contributed by atoms with Gasteiger partial charge in [0.15, 0.2) is 0 Å². The molecule has 3 aromatic rings.